The summed E-state index contributed by atoms with van der Waals surface area (Å²) in [4.78, 5) is 9.06. The van der Waals surface area contributed by atoms with Crippen LogP contribution in [-0.2, 0) is 6.42 Å². The normalized spacial score (nSPS) is 17.1. The molecule has 1 aromatic heterocycles. The van der Waals surface area contributed by atoms with Gasteiger partial charge in [0.05, 0.1) is 28.7 Å². The number of anilines is 1. The molecule has 0 amide bonds. The van der Waals surface area contributed by atoms with Gasteiger partial charge >= 0.3 is 0 Å². The highest BCUT2D eigenvalue weighted by atomic mass is 19.1. The molecule has 0 bridgehead atoms. The van der Waals surface area contributed by atoms with Crippen LogP contribution in [0.2, 0.25) is 0 Å². The predicted molar refractivity (Wildman–Crippen MR) is 104 cm³/mol. The quantitative estimate of drug-likeness (QED) is 0.648. The Morgan fingerprint density at radius 1 is 1.12 bits per heavy atom. The smallest absolute Gasteiger partial charge is 0.147 e. The highest BCUT2D eigenvalue weighted by molar-refractivity contribution is 5.93. The molecular weight excluding hydrogens is 327 g/mol. The molecule has 0 radical (unpaired) electrons. The molecule has 1 aliphatic carbocycles. The molecule has 2 N–H and O–H groups in total. The molecule has 5 rings (SSSR count). The first-order valence-corrected chi connectivity index (χ1v) is 9.32. The van der Waals surface area contributed by atoms with Crippen LogP contribution in [0.25, 0.3) is 22.2 Å². The molecule has 132 valence electrons. The van der Waals surface area contributed by atoms with Gasteiger partial charge in [0.15, 0.2) is 0 Å². The summed E-state index contributed by atoms with van der Waals surface area (Å²) in [6.07, 6.45) is 10.7. The van der Waals surface area contributed by atoms with Gasteiger partial charge in [0.2, 0.25) is 0 Å². The highest BCUT2D eigenvalue weighted by Gasteiger charge is 2.21. The van der Waals surface area contributed by atoms with Crippen LogP contribution in [0.1, 0.15) is 43.7 Å². The van der Waals surface area contributed by atoms with E-state index in [4.69, 9.17) is 5.73 Å². The van der Waals surface area contributed by atoms with Crippen molar-refractivity contribution >= 4 is 28.6 Å². The van der Waals surface area contributed by atoms with E-state index in [1.165, 1.54) is 38.2 Å². The average molecular weight is 348 g/mol. The number of fused-ring (bicyclic) bond motifs is 2. The monoisotopic (exact) mass is 348 g/mol. The van der Waals surface area contributed by atoms with Gasteiger partial charge in [0.25, 0.3) is 0 Å². The molecule has 0 atom stereocenters. The lowest BCUT2D eigenvalue weighted by Gasteiger charge is -2.23. The van der Waals surface area contributed by atoms with Crippen molar-refractivity contribution in [3.63, 3.8) is 0 Å². The third-order valence-corrected chi connectivity index (χ3v) is 5.76. The van der Waals surface area contributed by atoms with Crippen LogP contribution in [-0.4, -0.2) is 15.8 Å². The van der Waals surface area contributed by atoms with Gasteiger partial charge < -0.3 is 10.3 Å². The van der Waals surface area contributed by atoms with Crippen molar-refractivity contribution in [1.82, 2.24) is 9.55 Å². The Hall–Kier alpha value is -2.69. The Morgan fingerprint density at radius 2 is 1.96 bits per heavy atom. The van der Waals surface area contributed by atoms with Gasteiger partial charge in [-0.05, 0) is 36.6 Å². The van der Waals surface area contributed by atoms with Crippen molar-refractivity contribution in [3.8, 4) is 11.1 Å². The topological polar surface area (TPSA) is 56.2 Å². The van der Waals surface area contributed by atoms with Crippen molar-refractivity contribution in [1.29, 1.82) is 0 Å². The molecule has 0 unspecified atom stereocenters. The molecule has 1 fully saturated rings. The summed E-state index contributed by atoms with van der Waals surface area (Å²) in [6, 6.07) is 8.22. The Bertz CT molecular complexity index is 1030. The lowest BCUT2D eigenvalue weighted by atomic mass is 9.95. The molecule has 26 heavy (non-hydrogen) atoms. The zero-order valence-electron chi connectivity index (χ0n) is 14.6. The van der Waals surface area contributed by atoms with E-state index in [-0.39, 0.29) is 11.5 Å². The SMILES string of the molecule is Nc1c(F)cc(-c2ccc3c(c2)ncn3C2CCCCC2)c2c1CC=N2. The predicted octanol–water partition coefficient (Wildman–Crippen LogP) is 5.19. The zero-order chi connectivity index (χ0) is 17.7. The number of halogens is 1. The number of imidazole rings is 1. The minimum absolute atomic E-state index is 0.212. The van der Waals surface area contributed by atoms with E-state index in [9.17, 15) is 4.39 Å². The Balaban J connectivity index is 1.60. The second kappa shape index (κ2) is 5.94. The summed E-state index contributed by atoms with van der Waals surface area (Å²) < 4.78 is 16.6. The third-order valence-electron chi connectivity index (χ3n) is 5.76. The van der Waals surface area contributed by atoms with Crippen LogP contribution in [0.3, 0.4) is 0 Å². The number of rotatable bonds is 2. The maximum absolute atomic E-state index is 14.3. The van der Waals surface area contributed by atoms with Crippen LogP contribution in [0, 0.1) is 5.82 Å². The van der Waals surface area contributed by atoms with Crippen LogP contribution < -0.4 is 5.73 Å². The zero-order valence-corrected chi connectivity index (χ0v) is 14.6. The van der Waals surface area contributed by atoms with Gasteiger partial charge in [-0.15, -0.1) is 0 Å². The van der Waals surface area contributed by atoms with Crippen molar-refractivity contribution < 1.29 is 4.39 Å². The van der Waals surface area contributed by atoms with Crippen molar-refractivity contribution in [2.24, 2.45) is 4.99 Å². The van der Waals surface area contributed by atoms with Crippen LogP contribution in [0.5, 0.6) is 0 Å². The van der Waals surface area contributed by atoms with Crippen molar-refractivity contribution in [3.05, 3.63) is 42.0 Å². The first-order valence-electron chi connectivity index (χ1n) is 9.32. The molecule has 2 heterocycles. The summed E-state index contributed by atoms with van der Waals surface area (Å²) >= 11 is 0. The number of nitrogens with two attached hydrogens (primary N) is 1. The highest BCUT2D eigenvalue weighted by Crippen LogP contribution is 2.41. The summed E-state index contributed by atoms with van der Waals surface area (Å²) in [5.41, 5.74) is 11.5. The number of benzene rings is 2. The van der Waals surface area contributed by atoms with E-state index in [1.807, 2.05) is 18.5 Å². The van der Waals surface area contributed by atoms with Crippen LogP contribution >= 0.6 is 0 Å². The fourth-order valence-electron chi connectivity index (χ4n) is 4.36. The lowest BCUT2D eigenvalue weighted by Crippen LogP contribution is -2.11. The van der Waals surface area contributed by atoms with E-state index in [1.54, 1.807) is 6.21 Å². The number of nitrogens with zero attached hydrogens (tertiary/aromatic N) is 3. The van der Waals surface area contributed by atoms with Gasteiger partial charge in [-0.1, -0.05) is 25.3 Å². The number of hydrogen-bond donors (Lipinski definition) is 1. The first-order chi connectivity index (χ1) is 12.7. The van der Waals surface area contributed by atoms with Gasteiger partial charge in [-0.3, -0.25) is 4.99 Å². The minimum atomic E-state index is -0.378. The number of aliphatic imine (C=N–C) groups is 1. The molecule has 5 heteroatoms. The second-order valence-corrected chi connectivity index (χ2v) is 7.31. The van der Waals surface area contributed by atoms with Gasteiger partial charge in [-0.2, -0.15) is 0 Å². The molecule has 0 spiro atoms. The molecule has 3 aromatic rings. The fourth-order valence-corrected chi connectivity index (χ4v) is 4.36. The second-order valence-electron chi connectivity index (χ2n) is 7.31. The maximum atomic E-state index is 14.3. The molecule has 4 nitrogen and oxygen atoms in total. The lowest BCUT2D eigenvalue weighted by molar-refractivity contribution is 0.359. The van der Waals surface area contributed by atoms with E-state index in [0.29, 0.717) is 12.5 Å². The summed E-state index contributed by atoms with van der Waals surface area (Å²) in [5.74, 6) is -0.378. The van der Waals surface area contributed by atoms with E-state index in [0.717, 1.165) is 33.4 Å². The van der Waals surface area contributed by atoms with Crippen LogP contribution in [0.15, 0.2) is 35.6 Å². The summed E-state index contributed by atoms with van der Waals surface area (Å²) in [6.45, 7) is 0. The van der Waals surface area contributed by atoms with E-state index < -0.39 is 0 Å². The molecular formula is C21H21FN4. The van der Waals surface area contributed by atoms with E-state index in [2.05, 4.69) is 20.6 Å². The molecule has 1 saturated carbocycles. The Morgan fingerprint density at radius 3 is 2.81 bits per heavy atom. The number of nitrogen functional groups attached to an aromatic ring is 1. The largest absolute Gasteiger partial charge is 0.396 e. The fraction of sp³-hybridized carbons (Fsp3) is 0.333. The summed E-state index contributed by atoms with van der Waals surface area (Å²) in [7, 11) is 0. The van der Waals surface area contributed by atoms with Gasteiger partial charge in [0.1, 0.15) is 5.82 Å². The van der Waals surface area contributed by atoms with Crippen LogP contribution in [0.4, 0.5) is 15.8 Å². The standard InChI is InChI=1S/C21H21FN4/c22-17-11-16(21-15(20(17)23)8-9-24-21)13-6-7-19-18(10-13)25-12-26(19)14-4-2-1-3-5-14/h6-7,9-12,14H,1-5,8,23H2. The molecule has 1 aliphatic heterocycles. The van der Waals surface area contributed by atoms with Crippen molar-refractivity contribution in [2.45, 2.75) is 44.6 Å². The molecule has 0 saturated heterocycles. The number of aromatic nitrogens is 2. The Kier molecular flexibility index (Phi) is 3.55. The van der Waals surface area contributed by atoms with Gasteiger partial charge in [-0.25, -0.2) is 9.37 Å². The van der Waals surface area contributed by atoms with E-state index >= 15 is 0 Å². The first kappa shape index (κ1) is 15.6. The number of hydrogen-bond acceptors (Lipinski definition) is 3. The maximum Gasteiger partial charge on any atom is 0.147 e. The average Bonchev–Trinajstić information content (AvgIpc) is 3.32. The third kappa shape index (κ3) is 2.34. The van der Waals surface area contributed by atoms with Gasteiger partial charge in [0, 0.05) is 29.8 Å². The molecule has 2 aromatic carbocycles. The minimum Gasteiger partial charge on any atom is -0.396 e. The Labute approximate surface area is 151 Å². The molecule has 2 aliphatic rings. The summed E-state index contributed by atoms with van der Waals surface area (Å²) in [5, 5.41) is 0. The van der Waals surface area contributed by atoms with Crippen molar-refractivity contribution in [2.75, 3.05) is 5.73 Å².